The molecule has 4 rings (SSSR count). The average Bonchev–Trinajstić information content (AvgIpc) is 3.44. The molecular weight excluding hydrogens is 672 g/mol. The monoisotopic (exact) mass is 728 g/mol. The highest BCUT2D eigenvalue weighted by Gasteiger charge is 2.43. The predicted molar refractivity (Wildman–Crippen MR) is 202 cm³/mol. The van der Waals surface area contributed by atoms with Crippen LogP contribution in [0.15, 0.2) is 48.5 Å². The van der Waals surface area contributed by atoms with Gasteiger partial charge in [-0.1, -0.05) is 90.1 Å². The number of nitrogens with one attached hydrogen (secondary N) is 4. The van der Waals surface area contributed by atoms with E-state index in [4.69, 9.17) is 0 Å². The molecule has 1 aliphatic heterocycles. The Bertz CT molecular complexity index is 1630. The van der Waals surface area contributed by atoms with Crippen LogP contribution >= 0.6 is 0 Å². The molecule has 2 aromatic rings. The Balaban J connectivity index is 1.64. The smallest absolute Gasteiger partial charge is 0.251 e. The van der Waals surface area contributed by atoms with Gasteiger partial charge in [0.2, 0.25) is 23.6 Å². The molecular formula is C41H56N6O6. The number of amides is 5. The van der Waals surface area contributed by atoms with E-state index in [-0.39, 0.29) is 42.9 Å². The Hall–Kier alpha value is -4.76. The van der Waals surface area contributed by atoms with Crippen molar-refractivity contribution in [2.24, 2.45) is 17.8 Å². The highest BCUT2D eigenvalue weighted by Crippen LogP contribution is 2.37. The van der Waals surface area contributed by atoms with Crippen molar-refractivity contribution in [3.05, 3.63) is 65.2 Å². The molecule has 0 aromatic heterocycles. The molecule has 53 heavy (non-hydrogen) atoms. The van der Waals surface area contributed by atoms with Crippen LogP contribution in [0.2, 0.25) is 0 Å². The number of nitrogens with zero attached hydrogens (tertiary/aromatic N) is 2. The van der Waals surface area contributed by atoms with Crippen LogP contribution in [0.5, 0.6) is 0 Å². The highest BCUT2D eigenvalue weighted by molar-refractivity contribution is 6.05. The van der Waals surface area contributed by atoms with Gasteiger partial charge in [-0.2, -0.15) is 5.26 Å². The Kier molecular flexibility index (Phi) is 15.0. The number of aliphatic hydroxyl groups is 1. The van der Waals surface area contributed by atoms with Crippen LogP contribution in [0.1, 0.15) is 109 Å². The van der Waals surface area contributed by atoms with Crippen molar-refractivity contribution in [3.8, 4) is 6.07 Å². The molecule has 2 aliphatic rings. The van der Waals surface area contributed by atoms with Gasteiger partial charge in [-0.05, 0) is 54.4 Å². The maximum absolute atomic E-state index is 14.5. The first-order valence-corrected chi connectivity index (χ1v) is 19.0. The summed E-state index contributed by atoms with van der Waals surface area (Å²) >= 11 is 0. The SMILES string of the molecule is CC(=O)N(C1C(=O)Nc2ccc(C#N)cc21)[C@@H](Cc1ccccc1)C(=O)N[C@@H](CC(C)C)C(=O)NC(CC1CCCCC1)C(O)CC(=O)NCC(C)C. The number of carbonyl (C=O) groups excluding carboxylic acids is 5. The summed E-state index contributed by atoms with van der Waals surface area (Å²) in [7, 11) is 0. The number of aliphatic hydroxyl groups excluding tert-OH is 1. The van der Waals surface area contributed by atoms with Gasteiger partial charge in [0.15, 0.2) is 0 Å². The summed E-state index contributed by atoms with van der Waals surface area (Å²) < 4.78 is 0. The lowest BCUT2D eigenvalue weighted by atomic mass is 9.83. The summed E-state index contributed by atoms with van der Waals surface area (Å²) in [5.74, 6) is -1.97. The molecule has 286 valence electrons. The second-order valence-corrected chi connectivity index (χ2v) is 15.5. The lowest BCUT2D eigenvalue weighted by Crippen LogP contribution is -2.58. The standard InChI is InChI=1S/C41H56N6O6/c1-25(2)18-34(39(51)45-33(20-28-12-8-6-9-13-28)36(49)22-37(50)43-24-26(3)4)46-40(52)35(21-29-14-10-7-11-15-29)47(27(5)48)38-31-19-30(23-42)16-17-32(31)44-41(38)53/h7,10-11,14-17,19,25-26,28,33-36,38,49H,6,8-9,12-13,18,20-22,24H2,1-5H3,(H,43,50)(H,44,53)(H,45,51)(H,46,52)/t33?,34-,35-,36?,38?/m0/s1. The molecule has 3 unspecified atom stereocenters. The number of hydrogen-bond acceptors (Lipinski definition) is 7. The van der Waals surface area contributed by atoms with Gasteiger partial charge in [0.05, 0.1) is 30.2 Å². The minimum atomic E-state index is -1.21. The zero-order valence-corrected chi connectivity index (χ0v) is 31.7. The summed E-state index contributed by atoms with van der Waals surface area (Å²) in [6.07, 6.45) is 4.73. The number of benzene rings is 2. The van der Waals surface area contributed by atoms with E-state index in [0.29, 0.717) is 29.8 Å². The van der Waals surface area contributed by atoms with Crippen LogP contribution < -0.4 is 21.3 Å². The second-order valence-electron chi connectivity index (χ2n) is 15.5. The van der Waals surface area contributed by atoms with Crippen LogP contribution in [-0.2, 0) is 30.4 Å². The molecule has 1 aliphatic carbocycles. The van der Waals surface area contributed by atoms with Gasteiger partial charge in [-0.15, -0.1) is 0 Å². The molecule has 12 heteroatoms. The minimum Gasteiger partial charge on any atom is -0.390 e. The van der Waals surface area contributed by atoms with E-state index in [1.54, 1.807) is 18.2 Å². The van der Waals surface area contributed by atoms with Crippen molar-refractivity contribution >= 4 is 35.2 Å². The van der Waals surface area contributed by atoms with Crippen molar-refractivity contribution in [1.82, 2.24) is 20.9 Å². The van der Waals surface area contributed by atoms with E-state index in [0.717, 1.165) is 37.7 Å². The van der Waals surface area contributed by atoms with Crippen LogP contribution in [0, 0.1) is 29.1 Å². The van der Waals surface area contributed by atoms with E-state index < -0.39 is 53.9 Å². The quantitative estimate of drug-likeness (QED) is 0.159. The van der Waals surface area contributed by atoms with Crippen LogP contribution in [0.3, 0.4) is 0 Å². The first-order valence-electron chi connectivity index (χ1n) is 19.0. The second kappa shape index (κ2) is 19.4. The topological polar surface area (TPSA) is 181 Å². The molecule has 12 nitrogen and oxygen atoms in total. The van der Waals surface area contributed by atoms with Gasteiger partial charge in [0.1, 0.15) is 18.1 Å². The van der Waals surface area contributed by atoms with Crippen molar-refractivity contribution < 1.29 is 29.1 Å². The first-order chi connectivity index (χ1) is 25.3. The number of rotatable bonds is 17. The molecule has 1 fully saturated rings. The van der Waals surface area contributed by atoms with Gasteiger partial charge < -0.3 is 31.3 Å². The number of carbonyl (C=O) groups is 5. The third-order valence-electron chi connectivity index (χ3n) is 10.1. The third kappa shape index (κ3) is 11.6. The normalized spacial score (nSPS) is 17.9. The van der Waals surface area contributed by atoms with Crippen molar-refractivity contribution in [2.45, 2.75) is 123 Å². The molecule has 0 saturated heterocycles. The fourth-order valence-corrected chi connectivity index (χ4v) is 7.40. The van der Waals surface area contributed by atoms with E-state index >= 15 is 0 Å². The fraction of sp³-hybridized carbons (Fsp3) is 0.561. The summed E-state index contributed by atoms with van der Waals surface area (Å²) in [6, 6.07) is 11.7. The zero-order chi connectivity index (χ0) is 38.7. The van der Waals surface area contributed by atoms with Crippen molar-refractivity contribution in [1.29, 1.82) is 5.26 Å². The van der Waals surface area contributed by atoms with E-state index in [1.165, 1.54) is 11.8 Å². The van der Waals surface area contributed by atoms with E-state index in [1.807, 2.05) is 58.0 Å². The lowest BCUT2D eigenvalue weighted by Gasteiger charge is -2.35. The van der Waals surface area contributed by atoms with E-state index in [9.17, 15) is 34.3 Å². The molecule has 5 N–H and O–H groups in total. The van der Waals surface area contributed by atoms with Crippen LogP contribution in [0.25, 0.3) is 0 Å². The van der Waals surface area contributed by atoms with Gasteiger partial charge in [0, 0.05) is 31.1 Å². The molecule has 1 saturated carbocycles. The van der Waals surface area contributed by atoms with Crippen LogP contribution in [-0.4, -0.2) is 70.3 Å². The van der Waals surface area contributed by atoms with Gasteiger partial charge in [-0.25, -0.2) is 0 Å². The Morgan fingerprint density at radius 2 is 1.66 bits per heavy atom. The molecule has 1 heterocycles. The zero-order valence-electron chi connectivity index (χ0n) is 31.7. The van der Waals surface area contributed by atoms with Gasteiger partial charge >= 0.3 is 0 Å². The summed E-state index contributed by atoms with van der Waals surface area (Å²) in [4.78, 5) is 69.7. The minimum absolute atomic E-state index is 0.0250. The van der Waals surface area contributed by atoms with Gasteiger partial charge in [0.25, 0.3) is 5.91 Å². The van der Waals surface area contributed by atoms with Crippen molar-refractivity contribution in [3.63, 3.8) is 0 Å². The molecule has 2 aromatic carbocycles. The molecule has 0 radical (unpaired) electrons. The Morgan fingerprint density at radius 3 is 2.28 bits per heavy atom. The Morgan fingerprint density at radius 1 is 0.962 bits per heavy atom. The summed E-state index contributed by atoms with van der Waals surface area (Å²) in [5.41, 5.74) is 1.89. The third-order valence-corrected chi connectivity index (χ3v) is 10.1. The molecule has 0 bridgehead atoms. The predicted octanol–water partition coefficient (Wildman–Crippen LogP) is 4.52. The largest absolute Gasteiger partial charge is 0.390 e. The maximum atomic E-state index is 14.5. The number of nitriles is 1. The number of fused-ring (bicyclic) bond motifs is 1. The molecule has 5 atom stereocenters. The van der Waals surface area contributed by atoms with Crippen molar-refractivity contribution in [2.75, 3.05) is 11.9 Å². The maximum Gasteiger partial charge on any atom is 0.251 e. The summed E-state index contributed by atoms with van der Waals surface area (Å²) in [5, 5.41) is 32.5. The lowest BCUT2D eigenvalue weighted by molar-refractivity contribution is -0.146. The first kappa shape index (κ1) is 41.0. The van der Waals surface area contributed by atoms with Crippen LogP contribution in [0.4, 0.5) is 5.69 Å². The highest BCUT2D eigenvalue weighted by atomic mass is 16.3. The van der Waals surface area contributed by atoms with E-state index in [2.05, 4.69) is 27.3 Å². The molecule has 5 amide bonds. The Labute approximate surface area is 313 Å². The summed E-state index contributed by atoms with van der Waals surface area (Å²) in [6.45, 7) is 9.59. The average molecular weight is 729 g/mol. The van der Waals surface area contributed by atoms with Gasteiger partial charge in [-0.3, -0.25) is 24.0 Å². The molecule has 0 spiro atoms. The number of hydrogen-bond donors (Lipinski definition) is 5. The fourth-order valence-electron chi connectivity index (χ4n) is 7.40. The number of anilines is 1.